The topological polar surface area (TPSA) is 82.2 Å². The van der Waals surface area contributed by atoms with Crippen molar-refractivity contribution in [1.29, 1.82) is 0 Å². The highest BCUT2D eigenvalue weighted by molar-refractivity contribution is 6.35. The monoisotopic (exact) mass is 526 g/mol. The first kappa shape index (κ1) is 24.0. The normalized spacial score (nSPS) is 11.0. The van der Waals surface area contributed by atoms with E-state index in [1.165, 1.54) is 10.9 Å². The van der Waals surface area contributed by atoms with Crippen LogP contribution in [-0.2, 0) is 13.2 Å². The van der Waals surface area contributed by atoms with Gasteiger partial charge in [-0.3, -0.25) is 9.48 Å². The third-order valence-corrected chi connectivity index (χ3v) is 5.63. The van der Waals surface area contributed by atoms with Crippen LogP contribution in [0.5, 0.6) is 5.75 Å². The second-order valence-corrected chi connectivity index (χ2v) is 8.39. The van der Waals surface area contributed by atoms with Crippen molar-refractivity contribution in [3.63, 3.8) is 0 Å². The first-order chi connectivity index (χ1) is 16.2. The van der Waals surface area contributed by atoms with Gasteiger partial charge in [-0.05, 0) is 36.8 Å². The number of nitrogens with zero attached hydrogens (tertiary/aromatic N) is 3. The largest absolute Gasteiger partial charge is 0.486 e. The van der Waals surface area contributed by atoms with Crippen molar-refractivity contribution in [2.24, 2.45) is 0 Å². The summed E-state index contributed by atoms with van der Waals surface area (Å²) in [5.74, 6) is -2.07. The van der Waals surface area contributed by atoms with Gasteiger partial charge in [0, 0.05) is 22.3 Å². The number of nitrogens with one attached hydrogen (secondary N) is 1. The first-order valence-electron chi connectivity index (χ1n) is 9.72. The molecule has 34 heavy (non-hydrogen) atoms. The van der Waals surface area contributed by atoms with E-state index in [0.717, 1.165) is 17.7 Å². The van der Waals surface area contributed by atoms with E-state index in [-0.39, 0.29) is 41.0 Å². The number of aryl methyl sites for hydroxylation is 1. The number of rotatable bonds is 7. The Hall–Kier alpha value is -3.14. The molecule has 0 atom stereocenters. The predicted octanol–water partition coefficient (Wildman–Crippen LogP) is 6.30. The number of carbonyl (C=O) groups excluding carboxylic acids is 1. The zero-order valence-corrected chi connectivity index (χ0v) is 19.7. The summed E-state index contributed by atoms with van der Waals surface area (Å²) in [6.07, 6.45) is 1.53. The fraction of sp³-hybridized carbons (Fsp3) is 0.136. The third kappa shape index (κ3) is 5.32. The van der Waals surface area contributed by atoms with Gasteiger partial charge in [-0.1, -0.05) is 46.0 Å². The average molecular weight is 528 g/mol. The molecule has 7 nitrogen and oxygen atoms in total. The second kappa shape index (κ2) is 10.0. The minimum Gasteiger partial charge on any atom is -0.486 e. The molecule has 0 aliphatic rings. The lowest BCUT2D eigenvalue weighted by Crippen LogP contribution is -2.16. The van der Waals surface area contributed by atoms with Crippen LogP contribution in [0.3, 0.4) is 0 Å². The summed E-state index contributed by atoms with van der Waals surface area (Å²) in [6, 6.07) is 7.96. The number of carbonyl (C=O) groups is 1. The maximum absolute atomic E-state index is 13.9. The Kier molecular flexibility index (Phi) is 7.06. The van der Waals surface area contributed by atoms with Crippen molar-refractivity contribution in [2.45, 2.75) is 20.1 Å². The molecule has 1 amide bonds. The van der Waals surface area contributed by atoms with E-state index in [9.17, 15) is 13.6 Å². The van der Waals surface area contributed by atoms with Crippen LogP contribution < -0.4 is 10.1 Å². The molecule has 0 aliphatic heterocycles. The highest BCUT2D eigenvalue weighted by Crippen LogP contribution is 2.26. The molecule has 0 spiro atoms. The molecule has 0 saturated carbocycles. The summed E-state index contributed by atoms with van der Waals surface area (Å²) in [4.78, 5) is 12.8. The molecule has 2 aromatic carbocycles. The Balaban J connectivity index is 1.48. The quantitative estimate of drug-likeness (QED) is 0.305. The molecule has 4 rings (SSSR count). The lowest BCUT2D eigenvalue weighted by molar-refractivity contribution is 0.101. The molecular formula is C22H15Cl3F2N4O3. The van der Waals surface area contributed by atoms with Crippen LogP contribution in [0.1, 0.15) is 27.4 Å². The number of ether oxygens (including phenoxy) is 1. The maximum Gasteiger partial charge on any atom is 0.279 e. The fourth-order valence-corrected chi connectivity index (χ4v) is 3.70. The van der Waals surface area contributed by atoms with E-state index in [4.69, 9.17) is 44.1 Å². The van der Waals surface area contributed by atoms with Crippen LogP contribution in [-0.4, -0.2) is 20.8 Å². The van der Waals surface area contributed by atoms with Gasteiger partial charge < -0.3 is 14.6 Å². The molecule has 0 bridgehead atoms. The summed E-state index contributed by atoms with van der Waals surface area (Å²) < 4.78 is 38.9. The van der Waals surface area contributed by atoms with Gasteiger partial charge in [-0.15, -0.1) is 0 Å². The Labute approximate surface area is 207 Å². The molecule has 0 fully saturated rings. The van der Waals surface area contributed by atoms with E-state index < -0.39 is 17.5 Å². The number of benzene rings is 2. The molecule has 12 heteroatoms. The first-order valence-corrected chi connectivity index (χ1v) is 10.9. The maximum atomic E-state index is 13.9. The minimum absolute atomic E-state index is 0.0913. The fourth-order valence-electron chi connectivity index (χ4n) is 3.04. The van der Waals surface area contributed by atoms with Crippen LogP contribution in [0.2, 0.25) is 15.1 Å². The van der Waals surface area contributed by atoms with Gasteiger partial charge in [0.1, 0.15) is 23.2 Å². The SMILES string of the molecule is Cc1onc(C(=O)Nc2nn(Cc3ccc(Cl)cc3Cl)cc2Cl)c1COc1ccc(F)cc1F. The van der Waals surface area contributed by atoms with Crippen LogP contribution in [0.4, 0.5) is 14.6 Å². The number of halogens is 5. The molecule has 0 saturated heterocycles. The highest BCUT2D eigenvalue weighted by atomic mass is 35.5. The molecule has 0 aliphatic carbocycles. The molecular weight excluding hydrogens is 513 g/mol. The van der Waals surface area contributed by atoms with Gasteiger partial charge in [0.2, 0.25) is 0 Å². The van der Waals surface area contributed by atoms with Crippen molar-refractivity contribution in [1.82, 2.24) is 14.9 Å². The van der Waals surface area contributed by atoms with Gasteiger partial charge in [-0.2, -0.15) is 5.10 Å². The van der Waals surface area contributed by atoms with Crippen molar-refractivity contribution in [3.05, 3.63) is 91.9 Å². The van der Waals surface area contributed by atoms with Crippen molar-refractivity contribution in [3.8, 4) is 5.75 Å². The number of anilines is 1. The smallest absolute Gasteiger partial charge is 0.279 e. The molecule has 4 aromatic rings. The van der Waals surface area contributed by atoms with Gasteiger partial charge in [0.05, 0.1) is 12.1 Å². The second-order valence-electron chi connectivity index (χ2n) is 7.14. The highest BCUT2D eigenvalue weighted by Gasteiger charge is 2.23. The van der Waals surface area contributed by atoms with Crippen LogP contribution in [0.25, 0.3) is 0 Å². The lowest BCUT2D eigenvalue weighted by Gasteiger charge is -2.08. The Bertz CT molecular complexity index is 1370. The number of aromatic nitrogens is 3. The van der Waals surface area contributed by atoms with Gasteiger partial charge in [0.15, 0.2) is 23.1 Å². The lowest BCUT2D eigenvalue weighted by atomic mass is 10.2. The summed E-state index contributed by atoms with van der Waals surface area (Å²) in [6.45, 7) is 1.62. The number of hydrogen-bond acceptors (Lipinski definition) is 5. The van der Waals surface area contributed by atoms with E-state index >= 15 is 0 Å². The number of hydrogen-bond donors (Lipinski definition) is 1. The minimum atomic E-state index is -0.877. The van der Waals surface area contributed by atoms with Gasteiger partial charge in [0.25, 0.3) is 5.91 Å². The molecule has 0 unspecified atom stereocenters. The summed E-state index contributed by atoms with van der Waals surface area (Å²) >= 11 is 18.4. The zero-order valence-electron chi connectivity index (χ0n) is 17.4. The van der Waals surface area contributed by atoms with Gasteiger partial charge >= 0.3 is 0 Å². The van der Waals surface area contributed by atoms with Crippen molar-refractivity contribution >= 4 is 46.5 Å². The Morgan fingerprint density at radius 1 is 1.15 bits per heavy atom. The Morgan fingerprint density at radius 2 is 1.94 bits per heavy atom. The molecule has 2 aromatic heterocycles. The van der Waals surface area contributed by atoms with E-state index in [1.54, 1.807) is 25.1 Å². The summed E-state index contributed by atoms with van der Waals surface area (Å²) in [7, 11) is 0. The summed E-state index contributed by atoms with van der Waals surface area (Å²) in [5.41, 5.74) is 0.943. The standard InChI is InChI=1S/C22H15Cl3F2N4O3/c1-11-15(10-33-19-5-4-14(26)7-18(19)27)20(30-34-11)22(32)28-21-17(25)9-31(29-21)8-12-2-3-13(23)6-16(12)24/h2-7,9H,8,10H2,1H3,(H,28,29,32). The van der Waals surface area contributed by atoms with Crippen LogP contribution >= 0.6 is 34.8 Å². The summed E-state index contributed by atoms with van der Waals surface area (Å²) in [5, 5.41) is 11.7. The molecule has 176 valence electrons. The van der Waals surface area contributed by atoms with Gasteiger partial charge in [-0.25, -0.2) is 8.78 Å². The molecule has 0 radical (unpaired) electrons. The predicted molar refractivity (Wildman–Crippen MR) is 123 cm³/mol. The van der Waals surface area contributed by atoms with Crippen molar-refractivity contribution in [2.75, 3.05) is 5.32 Å². The van der Waals surface area contributed by atoms with Crippen molar-refractivity contribution < 1.29 is 22.8 Å². The average Bonchev–Trinajstić information content (AvgIpc) is 3.31. The van der Waals surface area contributed by atoms with E-state index in [1.807, 2.05) is 0 Å². The van der Waals surface area contributed by atoms with E-state index in [2.05, 4.69) is 15.6 Å². The van der Waals surface area contributed by atoms with Crippen LogP contribution in [0, 0.1) is 18.6 Å². The zero-order chi connectivity index (χ0) is 24.4. The molecule has 1 N–H and O–H groups in total. The molecule has 2 heterocycles. The number of amides is 1. The third-order valence-electron chi connectivity index (χ3n) is 4.76. The van der Waals surface area contributed by atoms with E-state index in [0.29, 0.717) is 21.9 Å². The van der Waals surface area contributed by atoms with Crippen LogP contribution in [0.15, 0.2) is 47.1 Å². The Morgan fingerprint density at radius 3 is 2.68 bits per heavy atom.